The summed E-state index contributed by atoms with van der Waals surface area (Å²) in [5.74, 6) is 0.506. The molecule has 0 spiro atoms. The van der Waals surface area contributed by atoms with Crippen molar-refractivity contribution in [3.63, 3.8) is 0 Å². The number of alkyl carbamates (subject to hydrolysis) is 1. The summed E-state index contributed by atoms with van der Waals surface area (Å²) in [5, 5.41) is 12.8. The van der Waals surface area contributed by atoms with Gasteiger partial charge in [-0.25, -0.2) is 4.79 Å². The average Bonchev–Trinajstić information content (AvgIpc) is 3.10. The van der Waals surface area contributed by atoms with E-state index in [0.717, 1.165) is 0 Å². The van der Waals surface area contributed by atoms with Crippen molar-refractivity contribution >= 4 is 12.2 Å². The molecule has 0 heterocycles. The third-order valence-electron chi connectivity index (χ3n) is 5.26. The van der Waals surface area contributed by atoms with Crippen molar-refractivity contribution in [3.8, 4) is 22.6 Å². The van der Waals surface area contributed by atoms with Crippen molar-refractivity contribution in [1.82, 2.24) is 5.32 Å². The number of rotatable bonds is 6. The number of phenols is 1. The van der Waals surface area contributed by atoms with Gasteiger partial charge in [-0.15, -0.1) is 0 Å². The summed E-state index contributed by atoms with van der Waals surface area (Å²) in [5.41, 5.74) is 5.37. The molecule has 0 saturated carbocycles. The zero-order chi connectivity index (χ0) is 20.9. The molecule has 0 bridgehead atoms. The lowest BCUT2D eigenvalue weighted by atomic mass is 9.98. The average molecular weight is 401 g/mol. The van der Waals surface area contributed by atoms with E-state index in [1.165, 1.54) is 29.4 Å². The Balaban J connectivity index is 1.34. The first-order chi connectivity index (χ1) is 14.7. The first kappa shape index (κ1) is 19.6. The Morgan fingerprint density at radius 1 is 1.00 bits per heavy atom. The second kappa shape index (κ2) is 8.74. The van der Waals surface area contributed by atoms with Crippen LogP contribution >= 0.6 is 0 Å². The zero-order valence-electron chi connectivity index (χ0n) is 16.7. The van der Waals surface area contributed by atoms with E-state index in [2.05, 4.69) is 29.6 Å². The van der Waals surface area contributed by atoms with Crippen molar-refractivity contribution in [3.05, 3.63) is 89.5 Å². The predicted molar refractivity (Wildman–Crippen MR) is 117 cm³/mol. The molecule has 2 N–H and O–H groups in total. The van der Waals surface area contributed by atoms with Crippen LogP contribution < -0.4 is 10.1 Å². The fourth-order valence-corrected chi connectivity index (χ4v) is 3.82. The summed E-state index contributed by atoms with van der Waals surface area (Å²) in [7, 11) is 1.50. The van der Waals surface area contributed by atoms with Gasteiger partial charge in [-0.2, -0.15) is 0 Å². The minimum absolute atomic E-state index is 0.0347. The van der Waals surface area contributed by atoms with Crippen LogP contribution in [0.25, 0.3) is 17.2 Å². The number of methoxy groups -OCH3 is 1. The Labute approximate surface area is 175 Å². The molecule has 0 saturated heterocycles. The number of phenolic OH excluding ortho intramolecular Hbond substituents is 1. The number of aromatic hydroxyl groups is 1. The Hall–Kier alpha value is -3.73. The van der Waals surface area contributed by atoms with Gasteiger partial charge < -0.3 is 19.9 Å². The summed E-state index contributed by atoms with van der Waals surface area (Å²) in [6.07, 6.45) is 2.99. The van der Waals surface area contributed by atoms with Gasteiger partial charge in [0.1, 0.15) is 6.61 Å². The molecule has 0 radical (unpaired) electrons. The van der Waals surface area contributed by atoms with Gasteiger partial charge in [0, 0.05) is 18.0 Å². The SMILES string of the molecule is COc1cccc(C=CCNC(=O)OCC2c3ccccc3-c3ccccc32)c1O. The highest BCUT2D eigenvalue weighted by Gasteiger charge is 2.28. The molecule has 5 nitrogen and oxygen atoms in total. The number of carbonyl (C=O) groups is 1. The number of amides is 1. The van der Waals surface area contributed by atoms with Crippen LogP contribution in [-0.4, -0.2) is 31.5 Å². The van der Waals surface area contributed by atoms with Gasteiger partial charge in [-0.3, -0.25) is 0 Å². The molecule has 4 rings (SSSR count). The maximum Gasteiger partial charge on any atom is 0.407 e. The Kier molecular flexibility index (Phi) is 5.70. The lowest BCUT2D eigenvalue weighted by Gasteiger charge is -2.14. The largest absolute Gasteiger partial charge is 0.504 e. The smallest absolute Gasteiger partial charge is 0.407 e. The van der Waals surface area contributed by atoms with E-state index in [0.29, 0.717) is 11.3 Å². The molecule has 0 fully saturated rings. The van der Waals surface area contributed by atoms with E-state index in [-0.39, 0.29) is 24.8 Å². The first-order valence-electron chi connectivity index (χ1n) is 9.80. The maximum absolute atomic E-state index is 12.2. The molecule has 0 atom stereocenters. The van der Waals surface area contributed by atoms with Crippen LogP contribution in [0.5, 0.6) is 11.5 Å². The van der Waals surface area contributed by atoms with Gasteiger partial charge in [0.05, 0.1) is 7.11 Å². The normalized spacial score (nSPS) is 12.4. The predicted octanol–water partition coefficient (Wildman–Crippen LogP) is 4.95. The molecule has 1 aliphatic carbocycles. The van der Waals surface area contributed by atoms with Crippen LogP contribution in [0.3, 0.4) is 0 Å². The molecule has 0 aromatic heterocycles. The monoisotopic (exact) mass is 401 g/mol. The lowest BCUT2D eigenvalue weighted by molar-refractivity contribution is 0.144. The molecular formula is C25H23NO4. The van der Waals surface area contributed by atoms with Crippen LogP contribution in [0.4, 0.5) is 4.79 Å². The van der Waals surface area contributed by atoms with Crippen LogP contribution in [0.1, 0.15) is 22.6 Å². The molecule has 3 aromatic carbocycles. The standard InChI is InChI=1S/C25H23NO4/c1-29-23-14-6-8-17(24(23)27)9-7-15-26-25(28)30-16-22-20-12-4-2-10-18(20)19-11-3-5-13-21(19)22/h2-14,22,27H,15-16H2,1H3,(H,26,28). The van der Waals surface area contributed by atoms with Gasteiger partial charge in [0.15, 0.2) is 11.5 Å². The van der Waals surface area contributed by atoms with Gasteiger partial charge in [-0.1, -0.05) is 72.8 Å². The summed E-state index contributed by atoms with van der Waals surface area (Å²) in [6.45, 7) is 0.563. The van der Waals surface area contributed by atoms with Gasteiger partial charge in [-0.05, 0) is 28.3 Å². The summed E-state index contributed by atoms with van der Waals surface area (Å²) in [6, 6.07) is 21.7. The minimum Gasteiger partial charge on any atom is -0.504 e. The van der Waals surface area contributed by atoms with Crippen molar-refractivity contribution in [2.75, 3.05) is 20.3 Å². The van der Waals surface area contributed by atoms with Crippen molar-refractivity contribution in [2.24, 2.45) is 0 Å². The quantitative estimate of drug-likeness (QED) is 0.613. The van der Waals surface area contributed by atoms with E-state index < -0.39 is 6.09 Å². The number of ether oxygens (including phenoxy) is 2. The number of hydrogen-bond acceptors (Lipinski definition) is 4. The van der Waals surface area contributed by atoms with E-state index in [4.69, 9.17) is 9.47 Å². The fraction of sp³-hybridized carbons (Fsp3) is 0.160. The Bertz CT molecular complexity index is 1040. The highest BCUT2D eigenvalue weighted by atomic mass is 16.5. The molecule has 30 heavy (non-hydrogen) atoms. The highest BCUT2D eigenvalue weighted by Crippen LogP contribution is 2.44. The van der Waals surface area contributed by atoms with Crippen LogP contribution in [0.15, 0.2) is 72.8 Å². The molecule has 152 valence electrons. The second-order valence-corrected chi connectivity index (χ2v) is 7.01. The lowest BCUT2D eigenvalue weighted by Crippen LogP contribution is -2.26. The Morgan fingerprint density at radius 3 is 2.33 bits per heavy atom. The summed E-state index contributed by atoms with van der Waals surface area (Å²) < 4.78 is 10.6. The van der Waals surface area contributed by atoms with Gasteiger partial charge in [0.2, 0.25) is 0 Å². The molecular weight excluding hydrogens is 378 g/mol. The number of benzene rings is 3. The highest BCUT2D eigenvalue weighted by molar-refractivity contribution is 5.79. The van der Waals surface area contributed by atoms with Crippen LogP contribution in [0.2, 0.25) is 0 Å². The zero-order valence-corrected chi connectivity index (χ0v) is 16.7. The van der Waals surface area contributed by atoms with Gasteiger partial charge >= 0.3 is 6.09 Å². The fourth-order valence-electron chi connectivity index (χ4n) is 3.82. The molecule has 5 heteroatoms. The topological polar surface area (TPSA) is 67.8 Å². The van der Waals surface area contributed by atoms with Crippen molar-refractivity contribution in [2.45, 2.75) is 5.92 Å². The van der Waals surface area contributed by atoms with Crippen molar-refractivity contribution in [1.29, 1.82) is 0 Å². The number of nitrogens with one attached hydrogen (secondary N) is 1. The molecule has 3 aromatic rings. The maximum atomic E-state index is 12.2. The van der Waals surface area contributed by atoms with E-state index in [1.807, 2.05) is 24.3 Å². The number of carbonyl (C=O) groups excluding carboxylic acids is 1. The van der Waals surface area contributed by atoms with Crippen molar-refractivity contribution < 1.29 is 19.4 Å². The van der Waals surface area contributed by atoms with E-state index in [1.54, 1.807) is 30.4 Å². The van der Waals surface area contributed by atoms with E-state index in [9.17, 15) is 9.90 Å². The summed E-state index contributed by atoms with van der Waals surface area (Å²) >= 11 is 0. The molecule has 1 aliphatic rings. The summed E-state index contributed by atoms with van der Waals surface area (Å²) in [4.78, 5) is 12.2. The van der Waals surface area contributed by atoms with E-state index >= 15 is 0 Å². The molecule has 0 unspecified atom stereocenters. The number of para-hydroxylation sites is 1. The third-order valence-corrected chi connectivity index (χ3v) is 5.26. The third kappa shape index (κ3) is 3.87. The Morgan fingerprint density at radius 2 is 1.67 bits per heavy atom. The number of fused-ring (bicyclic) bond motifs is 3. The van der Waals surface area contributed by atoms with Gasteiger partial charge in [0.25, 0.3) is 0 Å². The molecule has 1 amide bonds. The number of hydrogen-bond donors (Lipinski definition) is 2. The second-order valence-electron chi connectivity index (χ2n) is 7.01. The van der Waals surface area contributed by atoms with Crippen LogP contribution in [0, 0.1) is 0 Å². The minimum atomic E-state index is -0.476. The molecule has 0 aliphatic heterocycles. The van der Waals surface area contributed by atoms with Crippen LogP contribution in [-0.2, 0) is 4.74 Å². The first-order valence-corrected chi connectivity index (χ1v) is 9.80.